The van der Waals surface area contributed by atoms with Gasteiger partial charge in [-0.3, -0.25) is 4.79 Å². The van der Waals surface area contributed by atoms with Gasteiger partial charge in [0.1, 0.15) is 0 Å². The molecule has 0 aromatic heterocycles. The SMILES string of the molecule is CCc1cc(NC(=O)CN)ccc1C. The van der Waals surface area contributed by atoms with Crippen LogP contribution in [0.25, 0.3) is 0 Å². The minimum atomic E-state index is -0.157. The van der Waals surface area contributed by atoms with E-state index >= 15 is 0 Å². The van der Waals surface area contributed by atoms with Crippen molar-refractivity contribution in [2.24, 2.45) is 5.73 Å². The fourth-order valence-electron chi connectivity index (χ4n) is 1.34. The number of nitrogens with two attached hydrogens (primary N) is 1. The van der Waals surface area contributed by atoms with Gasteiger partial charge in [-0.25, -0.2) is 0 Å². The van der Waals surface area contributed by atoms with Crippen LogP contribution in [0.3, 0.4) is 0 Å². The molecule has 3 N–H and O–H groups in total. The zero-order valence-electron chi connectivity index (χ0n) is 8.63. The average Bonchev–Trinajstić information content (AvgIpc) is 2.20. The van der Waals surface area contributed by atoms with Crippen molar-refractivity contribution in [3.63, 3.8) is 0 Å². The van der Waals surface area contributed by atoms with Gasteiger partial charge in [0.2, 0.25) is 5.91 Å². The number of carbonyl (C=O) groups excluding carboxylic acids is 1. The highest BCUT2D eigenvalue weighted by molar-refractivity contribution is 5.92. The first-order chi connectivity index (χ1) is 6.67. The quantitative estimate of drug-likeness (QED) is 0.761. The molecule has 1 rings (SSSR count). The van der Waals surface area contributed by atoms with Crippen LogP contribution in [-0.2, 0) is 11.2 Å². The van der Waals surface area contributed by atoms with Gasteiger partial charge < -0.3 is 11.1 Å². The van der Waals surface area contributed by atoms with Crippen molar-refractivity contribution in [1.29, 1.82) is 0 Å². The van der Waals surface area contributed by atoms with Crippen LogP contribution in [0, 0.1) is 6.92 Å². The van der Waals surface area contributed by atoms with Crippen molar-refractivity contribution in [3.05, 3.63) is 29.3 Å². The number of benzene rings is 1. The second-order valence-corrected chi connectivity index (χ2v) is 3.25. The van der Waals surface area contributed by atoms with Crippen LogP contribution in [0.1, 0.15) is 18.1 Å². The standard InChI is InChI=1S/C11H16N2O/c1-3-9-6-10(5-4-8(9)2)13-11(14)7-12/h4-6H,3,7,12H2,1-2H3,(H,13,14). The Bertz CT molecular complexity index is 334. The number of hydrogen-bond acceptors (Lipinski definition) is 2. The fourth-order valence-corrected chi connectivity index (χ4v) is 1.34. The number of hydrogen-bond donors (Lipinski definition) is 2. The van der Waals surface area contributed by atoms with Crippen LogP contribution in [-0.4, -0.2) is 12.5 Å². The van der Waals surface area contributed by atoms with Crippen LogP contribution < -0.4 is 11.1 Å². The molecule has 0 spiro atoms. The van der Waals surface area contributed by atoms with E-state index in [-0.39, 0.29) is 12.5 Å². The number of nitrogens with one attached hydrogen (secondary N) is 1. The summed E-state index contributed by atoms with van der Waals surface area (Å²) in [7, 11) is 0. The maximum atomic E-state index is 11.0. The van der Waals surface area contributed by atoms with Crippen molar-refractivity contribution in [1.82, 2.24) is 0 Å². The summed E-state index contributed by atoms with van der Waals surface area (Å²) in [6.07, 6.45) is 0.970. The van der Waals surface area contributed by atoms with Gasteiger partial charge in [-0.2, -0.15) is 0 Å². The first-order valence-corrected chi connectivity index (χ1v) is 4.76. The van der Waals surface area contributed by atoms with Crippen LogP contribution in [0.4, 0.5) is 5.69 Å². The van der Waals surface area contributed by atoms with Gasteiger partial charge in [-0.05, 0) is 36.6 Å². The second-order valence-electron chi connectivity index (χ2n) is 3.25. The normalized spacial score (nSPS) is 9.93. The Hall–Kier alpha value is -1.35. The predicted octanol–water partition coefficient (Wildman–Crippen LogP) is 1.45. The fraction of sp³-hybridized carbons (Fsp3) is 0.364. The summed E-state index contributed by atoms with van der Waals surface area (Å²) in [5.74, 6) is -0.157. The van der Waals surface area contributed by atoms with Crippen molar-refractivity contribution >= 4 is 11.6 Å². The molecule has 0 atom stereocenters. The third-order valence-corrected chi connectivity index (χ3v) is 2.20. The van der Waals surface area contributed by atoms with Crippen molar-refractivity contribution < 1.29 is 4.79 Å². The van der Waals surface area contributed by atoms with E-state index in [9.17, 15) is 4.79 Å². The highest BCUT2D eigenvalue weighted by Gasteiger charge is 2.01. The first kappa shape index (κ1) is 10.7. The highest BCUT2D eigenvalue weighted by atomic mass is 16.1. The first-order valence-electron chi connectivity index (χ1n) is 4.76. The number of rotatable bonds is 3. The smallest absolute Gasteiger partial charge is 0.238 e. The molecule has 3 nitrogen and oxygen atoms in total. The predicted molar refractivity (Wildman–Crippen MR) is 58.2 cm³/mol. The van der Waals surface area contributed by atoms with E-state index in [0.717, 1.165) is 12.1 Å². The Kier molecular flexibility index (Phi) is 3.65. The summed E-state index contributed by atoms with van der Waals surface area (Å²) < 4.78 is 0. The van der Waals surface area contributed by atoms with E-state index in [0.29, 0.717) is 0 Å². The van der Waals surface area contributed by atoms with Gasteiger partial charge in [-0.1, -0.05) is 13.0 Å². The number of amides is 1. The molecule has 1 aromatic rings. The maximum Gasteiger partial charge on any atom is 0.238 e. The molecule has 0 saturated carbocycles. The summed E-state index contributed by atoms with van der Waals surface area (Å²) in [5.41, 5.74) is 8.53. The molecule has 0 aliphatic heterocycles. The van der Waals surface area contributed by atoms with Gasteiger partial charge in [0, 0.05) is 5.69 Å². The topological polar surface area (TPSA) is 55.1 Å². The average molecular weight is 192 g/mol. The molecule has 0 aliphatic rings. The second kappa shape index (κ2) is 4.77. The number of aryl methyl sites for hydroxylation is 2. The summed E-state index contributed by atoms with van der Waals surface area (Å²) in [6.45, 7) is 4.18. The van der Waals surface area contributed by atoms with E-state index in [4.69, 9.17) is 5.73 Å². The minimum absolute atomic E-state index is 0.0231. The van der Waals surface area contributed by atoms with E-state index in [2.05, 4.69) is 19.2 Å². The van der Waals surface area contributed by atoms with E-state index in [1.165, 1.54) is 11.1 Å². The lowest BCUT2D eigenvalue weighted by Gasteiger charge is -2.07. The van der Waals surface area contributed by atoms with Crippen LogP contribution in [0.15, 0.2) is 18.2 Å². The lowest BCUT2D eigenvalue weighted by atomic mass is 10.1. The molecule has 0 heterocycles. The highest BCUT2D eigenvalue weighted by Crippen LogP contribution is 2.15. The molecule has 3 heteroatoms. The molecular formula is C11H16N2O. The summed E-state index contributed by atoms with van der Waals surface area (Å²) in [5, 5.41) is 2.73. The third-order valence-electron chi connectivity index (χ3n) is 2.20. The van der Waals surface area contributed by atoms with Gasteiger partial charge >= 0.3 is 0 Å². The molecule has 0 fully saturated rings. The summed E-state index contributed by atoms with van der Waals surface area (Å²) in [4.78, 5) is 11.0. The van der Waals surface area contributed by atoms with Crippen LogP contribution >= 0.6 is 0 Å². The maximum absolute atomic E-state index is 11.0. The third kappa shape index (κ3) is 2.57. The Morgan fingerprint density at radius 1 is 1.50 bits per heavy atom. The van der Waals surface area contributed by atoms with Crippen LogP contribution in [0.2, 0.25) is 0 Å². The van der Waals surface area contributed by atoms with Crippen LogP contribution in [0.5, 0.6) is 0 Å². The molecule has 0 unspecified atom stereocenters. The zero-order chi connectivity index (χ0) is 10.6. The molecule has 1 amide bonds. The van der Waals surface area contributed by atoms with Gasteiger partial charge in [0.05, 0.1) is 6.54 Å². The molecule has 0 aliphatic carbocycles. The van der Waals surface area contributed by atoms with Crippen molar-refractivity contribution in [3.8, 4) is 0 Å². The van der Waals surface area contributed by atoms with Crippen molar-refractivity contribution in [2.45, 2.75) is 20.3 Å². The van der Waals surface area contributed by atoms with E-state index < -0.39 is 0 Å². The minimum Gasteiger partial charge on any atom is -0.325 e. The Morgan fingerprint density at radius 2 is 2.21 bits per heavy atom. The molecule has 0 radical (unpaired) electrons. The molecular weight excluding hydrogens is 176 g/mol. The van der Waals surface area contributed by atoms with Crippen molar-refractivity contribution in [2.75, 3.05) is 11.9 Å². The van der Waals surface area contributed by atoms with E-state index in [1.54, 1.807) is 0 Å². The molecule has 14 heavy (non-hydrogen) atoms. The molecule has 1 aromatic carbocycles. The summed E-state index contributed by atoms with van der Waals surface area (Å²) >= 11 is 0. The van der Waals surface area contributed by atoms with Gasteiger partial charge in [-0.15, -0.1) is 0 Å². The summed E-state index contributed by atoms with van der Waals surface area (Å²) in [6, 6.07) is 5.88. The lowest BCUT2D eigenvalue weighted by molar-refractivity contribution is -0.114. The Labute approximate surface area is 84.3 Å². The number of carbonyl (C=O) groups is 1. The Balaban J connectivity index is 2.84. The van der Waals surface area contributed by atoms with E-state index in [1.807, 2.05) is 18.2 Å². The largest absolute Gasteiger partial charge is 0.325 e. The van der Waals surface area contributed by atoms with Gasteiger partial charge in [0.25, 0.3) is 0 Å². The zero-order valence-corrected chi connectivity index (χ0v) is 8.63. The molecule has 76 valence electrons. The molecule has 0 saturated heterocycles. The molecule has 0 bridgehead atoms. The lowest BCUT2D eigenvalue weighted by Crippen LogP contribution is -2.21. The Morgan fingerprint density at radius 3 is 2.79 bits per heavy atom. The number of anilines is 1. The van der Waals surface area contributed by atoms with Gasteiger partial charge in [0.15, 0.2) is 0 Å². The monoisotopic (exact) mass is 192 g/mol.